The van der Waals surface area contributed by atoms with Gasteiger partial charge in [0.15, 0.2) is 17.3 Å². The van der Waals surface area contributed by atoms with E-state index in [9.17, 15) is 4.39 Å². The number of anilines is 2. The van der Waals surface area contributed by atoms with Gasteiger partial charge in [-0.05, 0) is 77.7 Å². The van der Waals surface area contributed by atoms with E-state index in [1.807, 2.05) is 12.1 Å². The Balaban J connectivity index is 1.36. The van der Waals surface area contributed by atoms with Gasteiger partial charge in [-0.2, -0.15) is 0 Å². The molecule has 2 N–H and O–H groups in total. The molecule has 0 radical (unpaired) electrons. The van der Waals surface area contributed by atoms with Crippen molar-refractivity contribution in [1.82, 2.24) is 15.3 Å². The number of hydrogen-bond donors (Lipinski definition) is 2. The lowest BCUT2D eigenvalue weighted by Gasteiger charge is -2.18. The van der Waals surface area contributed by atoms with Crippen molar-refractivity contribution in [2.75, 3.05) is 25.6 Å². The van der Waals surface area contributed by atoms with Crippen molar-refractivity contribution >= 4 is 49.9 Å². The Labute approximate surface area is 211 Å². The molecule has 1 saturated carbocycles. The summed E-state index contributed by atoms with van der Waals surface area (Å²) >= 11 is 9.27. The first-order valence-corrected chi connectivity index (χ1v) is 12.7. The molecule has 9 heteroatoms. The number of ether oxygens (including phenoxy) is 2. The van der Waals surface area contributed by atoms with Crippen LogP contribution >= 0.6 is 27.5 Å². The Bertz CT molecular complexity index is 1210. The van der Waals surface area contributed by atoms with Crippen molar-refractivity contribution in [3.63, 3.8) is 0 Å². The lowest BCUT2D eigenvalue weighted by atomic mass is 9.93. The summed E-state index contributed by atoms with van der Waals surface area (Å²) in [5, 5.41) is 7.39. The molecule has 34 heavy (non-hydrogen) atoms. The zero-order valence-electron chi connectivity index (χ0n) is 19.1. The summed E-state index contributed by atoms with van der Waals surface area (Å²) in [7, 11) is 1.61. The molecule has 0 amide bonds. The number of aromatic nitrogens is 2. The molecular weight excluding hydrogens is 523 g/mol. The van der Waals surface area contributed by atoms with Crippen LogP contribution in [-0.4, -0.2) is 36.3 Å². The van der Waals surface area contributed by atoms with E-state index in [4.69, 9.17) is 21.1 Å². The highest BCUT2D eigenvalue weighted by Gasteiger charge is 2.42. The fraction of sp³-hybridized carbons (Fsp3) is 0.440. The first-order chi connectivity index (χ1) is 16.5. The van der Waals surface area contributed by atoms with Crippen molar-refractivity contribution in [3.05, 3.63) is 45.9 Å². The number of hydrogen-bond acceptors (Lipinski definition) is 6. The summed E-state index contributed by atoms with van der Waals surface area (Å²) in [4.78, 5) is 8.71. The van der Waals surface area contributed by atoms with E-state index < -0.39 is 5.82 Å². The first kappa shape index (κ1) is 23.6. The van der Waals surface area contributed by atoms with Crippen LogP contribution in [0.4, 0.5) is 15.9 Å². The van der Waals surface area contributed by atoms with E-state index in [1.165, 1.54) is 25.6 Å². The van der Waals surface area contributed by atoms with Crippen molar-refractivity contribution in [3.8, 4) is 11.5 Å². The van der Waals surface area contributed by atoms with Crippen molar-refractivity contribution in [2.45, 2.75) is 32.2 Å². The monoisotopic (exact) mass is 548 g/mol. The number of fused-ring (bicyclic) bond motifs is 2. The SMILES string of the molecule is CCC1NC[C@@H]2CC(COc3cc4ncnc(Nc5ccc(Br)c(Cl)c5F)c4cc3OC)C[C@H]12. The summed E-state index contributed by atoms with van der Waals surface area (Å²) in [6.45, 7) is 4.04. The van der Waals surface area contributed by atoms with Crippen LogP contribution in [0.15, 0.2) is 35.1 Å². The molecule has 4 atom stereocenters. The quantitative estimate of drug-likeness (QED) is 0.335. The van der Waals surface area contributed by atoms with Gasteiger partial charge in [0, 0.05) is 22.0 Å². The number of benzene rings is 2. The van der Waals surface area contributed by atoms with Crippen LogP contribution in [0, 0.1) is 23.6 Å². The minimum atomic E-state index is -0.559. The van der Waals surface area contributed by atoms with E-state index in [1.54, 1.807) is 19.2 Å². The Morgan fingerprint density at radius 1 is 1.24 bits per heavy atom. The van der Waals surface area contributed by atoms with Crippen LogP contribution in [0.1, 0.15) is 26.2 Å². The number of nitrogens with zero attached hydrogens (tertiary/aromatic N) is 2. The smallest absolute Gasteiger partial charge is 0.166 e. The van der Waals surface area contributed by atoms with Gasteiger partial charge in [0.05, 0.1) is 29.9 Å². The van der Waals surface area contributed by atoms with Crippen LogP contribution in [0.5, 0.6) is 11.5 Å². The summed E-state index contributed by atoms with van der Waals surface area (Å²) in [6.07, 6.45) is 5.01. The predicted octanol–water partition coefficient (Wildman–Crippen LogP) is 6.34. The molecule has 2 aliphatic rings. The minimum Gasteiger partial charge on any atom is -0.493 e. The third kappa shape index (κ3) is 4.43. The number of halogens is 3. The fourth-order valence-electron chi connectivity index (χ4n) is 5.43. The van der Waals surface area contributed by atoms with E-state index in [0.29, 0.717) is 51.3 Å². The van der Waals surface area contributed by atoms with Gasteiger partial charge in [-0.15, -0.1) is 0 Å². The van der Waals surface area contributed by atoms with Gasteiger partial charge in [-0.25, -0.2) is 14.4 Å². The number of methoxy groups -OCH3 is 1. The summed E-state index contributed by atoms with van der Waals surface area (Å²) in [5.41, 5.74) is 0.898. The molecule has 0 spiro atoms. The topological polar surface area (TPSA) is 68.3 Å². The number of nitrogens with one attached hydrogen (secondary N) is 2. The van der Waals surface area contributed by atoms with E-state index >= 15 is 0 Å². The molecule has 0 bridgehead atoms. The molecule has 180 valence electrons. The van der Waals surface area contributed by atoms with Crippen LogP contribution in [-0.2, 0) is 0 Å². The van der Waals surface area contributed by atoms with Crippen molar-refractivity contribution < 1.29 is 13.9 Å². The molecule has 1 aliphatic carbocycles. The maximum atomic E-state index is 14.6. The van der Waals surface area contributed by atoms with E-state index in [-0.39, 0.29) is 10.7 Å². The Hall–Kier alpha value is -2.16. The van der Waals surface area contributed by atoms with Gasteiger partial charge in [0.2, 0.25) is 0 Å². The highest BCUT2D eigenvalue weighted by molar-refractivity contribution is 9.10. The molecule has 2 heterocycles. The van der Waals surface area contributed by atoms with Crippen molar-refractivity contribution in [1.29, 1.82) is 0 Å². The minimum absolute atomic E-state index is 0.00807. The average molecular weight is 550 g/mol. The van der Waals surface area contributed by atoms with Gasteiger partial charge >= 0.3 is 0 Å². The second kappa shape index (κ2) is 9.84. The molecule has 6 nitrogen and oxygen atoms in total. The van der Waals surface area contributed by atoms with Crippen LogP contribution in [0.3, 0.4) is 0 Å². The molecule has 3 aromatic rings. The van der Waals surface area contributed by atoms with Gasteiger partial charge in [0.1, 0.15) is 12.1 Å². The average Bonchev–Trinajstić information content (AvgIpc) is 3.43. The molecular formula is C25H27BrClFN4O2. The van der Waals surface area contributed by atoms with Crippen molar-refractivity contribution in [2.24, 2.45) is 17.8 Å². The lowest BCUT2D eigenvalue weighted by molar-refractivity contribution is 0.231. The molecule has 2 fully saturated rings. The third-order valence-corrected chi connectivity index (χ3v) is 8.39. The zero-order chi connectivity index (χ0) is 23.8. The van der Waals surface area contributed by atoms with E-state index in [2.05, 4.69) is 43.5 Å². The predicted molar refractivity (Wildman–Crippen MR) is 136 cm³/mol. The summed E-state index contributed by atoms with van der Waals surface area (Å²) < 4.78 is 27.0. The maximum absolute atomic E-state index is 14.6. The number of rotatable bonds is 7. The van der Waals surface area contributed by atoms with E-state index in [0.717, 1.165) is 18.4 Å². The Morgan fingerprint density at radius 2 is 2.09 bits per heavy atom. The molecule has 2 unspecified atom stereocenters. The maximum Gasteiger partial charge on any atom is 0.166 e. The highest BCUT2D eigenvalue weighted by Crippen LogP contribution is 2.43. The molecule has 5 rings (SSSR count). The van der Waals surface area contributed by atoms with Gasteiger partial charge in [0.25, 0.3) is 0 Å². The fourth-order valence-corrected chi connectivity index (χ4v) is 5.91. The standard InChI is InChI=1S/C25H27BrClFN4O2/c1-3-18-15-7-13(6-14(15)10-29-18)11-34-22-9-20-16(8-21(22)33-2)25(31-12-30-20)32-19-5-4-17(26)23(27)24(19)28/h4-5,8-9,12-15,18,29H,3,6-7,10-11H2,1-2H3,(H,30,31,32)/t13?,14-,15-,18?/m0/s1. The Morgan fingerprint density at radius 3 is 2.88 bits per heavy atom. The molecule has 1 aliphatic heterocycles. The van der Waals surface area contributed by atoms with Crippen LogP contribution in [0.25, 0.3) is 10.9 Å². The van der Waals surface area contributed by atoms with Crippen LogP contribution in [0.2, 0.25) is 5.02 Å². The molecule has 1 saturated heterocycles. The zero-order valence-corrected chi connectivity index (χ0v) is 21.4. The van der Waals surface area contributed by atoms with Gasteiger partial charge in [-0.3, -0.25) is 0 Å². The van der Waals surface area contributed by atoms with Crippen LogP contribution < -0.4 is 20.1 Å². The lowest BCUT2D eigenvalue weighted by Crippen LogP contribution is -2.26. The molecule has 2 aromatic carbocycles. The summed E-state index contributed by atoms with van der Waals surface area (Å²) in [5.74, 6) is 3.19. The molecule has 1 aromatic heterocycles. The third-order valence-electron chi connectivity index (χ3n) is 7.13. The first-order valence-electron chi connectivity index (χ1n) is 11.6. The Kier molecular flexibility index (Phi) is 6.82. The summed E-state index contributed by atoms with van der Waals surface area (Å²) in [6, 6.07) is 7.60. The highest BCUT2D eigenvalue weighted by atomic mass is 79.9. The largest absolute Gasteiger partial charge is 0.493 e. The van der Waals surface area contributed by atoms with Gasteiger partial charge < -0.3 is 20.1 Å². The second-order valence-electron chi connectivity index (χ2n) is 9.09. The second-order valence-corrected chi connectivity index (χ2v) is 10.3. The normalized spacial score (nSPS) is 23.8. The van der Waals surface area contributed by atoms with Gasteiger partial charge in [-0.1, -0.05) is 18.5 Å².